The highest BCUT2D eigenvalue weighted by atomic mass is 16.4. The fourth-order valence-corrected chi connectivity index (χ4v) is 1.62. The molecule has 0 aromatic heterocycles. The Kier molecular flexibility index (Phi) is 5.91. The topological polar surface area (TPSA) is 66.4 Å². The maximum atomic E-state index is 11.3. The van der Waals surface area contributed by atoms with Gasteiger partial charge in [0.15, 0.2) is 0 Å². The fourth-order valence-electron chi connectivity index (χ4n) is 1.62. The summed E-state index contributed by atoms with van der Waals surface area (Å²) >= 11 is 0. The van der Waals surface area contributed by atoms with Crippen LogP contribution < -0.4 is 5.32 Å². The zero-order valence-corrected chi connectivity index (χ0v) is 10.6. The SMILES string of the molecule is CCCc1ccc(CNC(=O)CCC(=O)O)cc1. The Morgan fingerprint density at radius 3 is 2.28 bits per heavy atom. The van der Waals surface area contributed by atoms with Gasteiger partial charge in [-0.15, -0.1) is 0 Å². The second-order valence-corrected chi connectivity index (χ2v) is 4.24. The normalized spacial score (nSPS) is 10.1. The summed E-state index contributed by atoms with van der Waals surface area (Å²) in [6, 6.07) is 8.09. The minimum Gasteiger partial charge on any atom is -0.481 e. The van der Waals surface area contributed by atoms with Crippen molar-refractivity contribution in [3.8, 4) is 0 Å². The van der Waals surface area contributed by atoms with Crippen LogP contribution in [0.5, 0.6) is 0 Å². The van der Waals surface area contributed by atoms with E-state index in [1.807, 2.05) is 12.1 Å². The third-order valence-corrected chi connectivity index (χ3v) is 2.62. The van der Waals surface area contributed by atoms with Crippen LogP contribution in [0, 0.1) is 0 Å². The number of rotatable bonds is 7. The number of amides is 1. The van der Waals surface area contributed by atoms with Crippen LogP contribution in [-0.4, -0.2) is 17.0 Å². The van der Waals surface area contributed by atoms with Crippen LogP contribution in [0.2, 0.25) is 0 Å². The van der Waals surface area contributed by atoms with Gasteiger partial charge in [-0.05, 0) is 17.5 Å². The van der Waals surface area contributed by atoms with E-state index < -0.39 is 5.97 Å². The minimum atomic E-state index is -0.950. The van der Waals surface area contributed by atoms with E-state index in [1.165, 1.54) is 5.56 Å². The molecular weight excluding hydrogens is 230 g/mol. The molecule has 0 unspecified atom stereocenters. The number of carbonyl (C=O) groups excluding carboxylic acids is 1. The average molecular weight is 249 g/mol. The first-order valence-electron chi connectivity index (χ1n) is 6.18. The standard InChI is InChI=1S/C14H19NO3/c1-2-3-11-4-6-12(7-5-11)10-15-13(16)8-9-14(17)18/h4-7H,2-3,8-10H2,1H3,(H,15,16)(H,17,18). The first kappa shape index (κ1) is 14.2. The Bertz CT molecular complexity index is 398. The quantitative estimate of drug-likeness (QED) is 0.777. The van der Waals surface area contributed by atoms with Crippen LogP contribution in [0.4, 0.5) is 0 Å². The molecule has 18 heavy (non-hydrogen) atoms. The molecule has 0 aliphatic carbocycles. The van der Waals surface area contributed by atoms with Crippen molar-refractivity contribution in [2.45, 2.75) is 39.2 Å². The summed E-state index contributed by atoms with van der Waals surface area (Å²) < 4.78 is 0. The summed E-state index contributed by atoms with van der Waals surface area (Å²) in [7, 11) is 0. The van der Waals surface area contributed by atoms with E-state index in [-0.39, 0.29) is 18.7 Å². The van der Waals surface area contributed by atoms with Crippen molar-refractivity contribution < 1.29 is 14.7 Å². The Morgan fingerprint density at radius 1 is 1.11 bits per heavy atom. The number of nitrogens with one attached hydrogen (secondary N) is 1. The smallest absolute Gasteiger partial charge is 0.303 e. The Morgan fingerprint density at radius 2 is 1.72 bits per heavy atom. The van der Waals surface area contributed by atoms with Crippen molar-refractivity contribution in [1.82, 2.24) is 5.32 Å². The second-order valence-electron chi connectivity index (χ2n) is 4.24. The Hall–Kier alpha value is -1.84. The number of carboxylic acids is 1. The van der Waals surface area contributed by atoms with Crippen LogP contribution >= 0.6 is 0 Å². The first-order chi connectivity index (χ1) is 8.61. The molecule has 0 aliphatic heterocycles. The minimum absolute atomic E-state index is 0.0310. The molecule has 98 valence electrons. The molecule has 0 spiro atoms. The molecule has 1 amide bonds. The molecule has 1 aromatic rings. The lowest BCUT2D eigenvalue weighted by Crippen LogP contribution is -2.23. The monoisotopic (exact) mass is 249 g/mol. The summed E-state index contributed by atoms with van der Waals surface area (Å²) in [6.07, 6.45) is 2.08. The van der Waals surface area contributed by atoms with Crippen molar-refractivity contribution in [3.05, 3.63) is 35.4 Å². The Balaban J connectivity index is 2.34. The van der Waals surface area contributed by atoms with Crippen LogP contribution in [0.25, 0.3) is 0 Å². The summed E-state index contributed by atoms with van der Waals surface area (Å²) in [6.45, 7) is 2.58. The van der Waals surface area contributed by atoms with Crippen molar-refractivity contribution in [3.63, 3.8) is 0 Å². The number of hydrogen-bond acceptors (Lipinski definition) is 2. The number of hydrogen-bond donors (Lipinski definition) is 2. The average Bonchev–Trinajstić information content (AvgIpc) is 2.36. The van der Waals surface area contributed by atoms with Crippen molar-refractivity contribution >= 4 is 11.9 Å². The first-order valence-corrected chi connectivity index (χ1v) is 6.18. The van der Waals surface area contributed by atoms with E-state index in [9.17, 15) is 9.59 Å². The third-order valence-electron chi connectivity index (χ3n) is 2.62. The lowest BCUT2D eigenvalue weighted by molar-refractivity contribution is -0.138. The van der Waals surface area contributed by atoms with Gasteiger partial charge >= 0.3 is 5.97 Å². The number of carbonyl (C=O) groups is 2. The van der Waals surface area contributed by atoms with Crippen LogP contribution in [-0.2, 0) is 22.6 Å². The number of aryl methyl sites for hydroxylation is 1. The van der Waals surface area contributed by atoms with Crippen molar-refractivity contribution in [2.75, 3.05) is 0 Å². The molecule has 4 nitrogen and oxygen atoms in total. The van der Waals surface area contributed by atoms with Gasteiger partial charge in [0.05, 0.1) is 6.42 Å². The molecule has 0 radical (unpaired) electrons. The lowest BCUT2D eigenvalue weighted by Gasteiger charge is -2.05. The second kappa shape index (κ2) is 7.48. The maximum Gasteiger partial charge on any atom is 0.303 e. The molecule has 1 rings (SSSR count). The fraction of sp³-hybridized carbons (Fsp3) is 0.429. The number of aliphatic carboxylic acids is 1. The summed E-state index contributed by atoms with van der Waals surface area (Å²) in [5.41, 5.74) is 2.32. The molecule has 0 atom stereocenters. The highest BCUT2D eigenvalue weighted by Gasteiger charge is 2.04. The largest absolute Gasteiger partial charge is 0.481 e. The van der Waals surface area contributed by atoms with Gasteiger partial charge in [0.2, 0.25) is 5.91 Å². The molecule has 0 saturated carbocycles. The van der Waals surface area contributed by atoms with Crippen LogP contribution in [0.15, 0.2) is 24.3 Å². The predicted molar refractivity (Wildman–Crippen MR) is 69.2 cm³/mol. The van der Waals surface area contributed by atoms with E-state index >= 15 is 0 Å². The summed E-state index contributed by atoms with van der Waals surface area (Å²) in [4.78, 5) is 21.6. The molecule has 4 heteroatoms. The highest BCUT2D eigenvalue weighted by molar-refractivity contribution is 5.80. The molecule has 0 heterocycles. The van der Waals surface area contributed by atoms with Gasteiger partial charge in [-0.2, -0.15) is 0 Å². The Labute approximate surface area is 107 Å². The van der Waals surface area contributed by atoms with Gasteiger partial charge in [-0.3, -0.25) is 9.59 Å². The van der Waals surface area contributed by atoms with Crippen LogP contribution in [0.3, 0.4) is 0 Å². The molecule has 2 N–H and O–H groups in total. The molecule has 0 fully saturated rings. The van der Waals surface area contributed by atoms with E-state index in [0.29, 0.717) is 6.54 Å². The molecule has 0 saturated heterocycles. The highest BCUT2D eigenvalue weighted by Crippen LogP contribution is 2.06. The predicted octanol–water partition coefficient (Wildman–Crippen LogP) is 2.12. The number of benzene rings is 1. The zero-order chi connectivity index (χ0) is 13.4. The molecule has 0 bridgehead atoms. The maximum absolute atomic E-state index is 11.3. The molecular formula is C14H19NO3. The van der Waals surface area contributed by atoms with Crippen LogP contribution in [0.1, 0.15) is 37.3 Å². The summed E-state index contributed by atoms with van der Waals surface area (Å²) in [5.74, 6) is -1.18. The van der Waals surface area contributed by atoms with E-state index in [4.69, 9.17) is 5.11 Å². The van der Waals surface area contributed by atoms with Gasteiger partial charge in [0.1, 0.15) is 0 Å². The van der Waals surface area contributed by atoms with Gasteiger partial charge in [0.25, 0.3) is 0 Å². The third kappa shape index (κ3) is 5.48. The molecule has 1 aromatic carbocycles. The van der Waals surface area contributed by atoms with Gasteiger partial charge in [0, 0.05) is 13.0 Å². The van der Waals surface area contributed by atoms with Crippen molar-refractivity contribution in [1.29, 1.82) is 0 Å². The van der Waals surface area contributed by atoms with Gasteiger partial charge in [-0.1, -0.05) is 37.6 Å². The zero-order valence-electron chi connectivity index (χ0n) is 10.6. The number of carboxylic acid groups (broad SMARTS) is 1. The molecule has 0 aliphatic rings. The summed E-state index contributed by atoms with van der Waals surface area (Å²) in [5, 5.41) is 11.2. The van der Waals surface area contributed by atoms with Gasteiger partial charge < -0.3 is 10.4 Å². The van der Waals surface area contributed by atoms with Gasteiger partial charge in [-0.25, -0.2) is 0 Å². The van der Waals surface area contributed by atoms with Crippen molar-refractivity contribution in [2.24, 2.45) is 0 Å². The van der Waals surface area contributed by atoms with E-state index in [2.05, 4.69) is 24.4 Å². The van der Waals surface area contributed by atoms with E-state index in [0.717, 1.165) is 18.4 Å². The van der Waals surface area contributed by atoms with E-state index in [1.54, 1.807) is 0 Å². The lowest BCUT2D eigenvalue weighted by atomic mass is 10.1.